The van der Waals surface area contributed by atoms with Gasteiger partial charge in [-0.3, -0.25) is 10.1 Å². The van der Waals surface area contributed by atoms with E-state index in [4.69, 9.17) is 9.47 Å². The molecule has 1 aromatic heterocycles. The fraction of sp³-hybridized carbons (Fsp3) is 0.294. The second-order valence-corrected chi connectivity index (χ2v) is 5.67. The number of unbranched alkanes of at least 4 members (excludes halogenated alkanes) is 1. The molecule has 0 aliphatic rings. The van der Waals surface area contributed by atoms with Crippen LogP contribution in [0.5, 0.6) is 11.5 Å². The van der Waals surface area contributed by atoms with Gasteiger partial charge in [-0.05, 0) is 30.2 Å². The van der Waals surface area contributed by atoms with Gasteiger partial charge in [-0.2, -0.15) is 0 Å². The van der Waals surface area contributed by atoms with Crippen molar-refractivity contribution in [2.24, 2.45) is 0 Å². The van der Waals surface area contributed by atoms with Gasteiger partial charge in [0.15, 0.2) is 16.6 Å². The average Bonchev–Trinajstić information content (AvgIpc) is 3.06. The number of amides is 1. The van der Waals surface area contributed by atoms with Crippen molar-refractivity contribution in [3.8, 4) is 11.5 Å². The van der Waals surface area contributed by atoms with Crippen molar-refractivity contribution in [3.05, 3.63) is 41.4 Å². The zero-order valence-corrected chi connectivity index (χ0v) is 14.1. The molecule has 5 nitrogen and oxygen atoms in total. The molecule has 6 heteroatoms. The molecule has 1 amide bonds. The second kappa shape index (κ2) is 8.95. The number of rotatable bonds is 8. The molecule has 0 saturated heterocycles. The molecule has 0 aliphatic heterocycles. The van der Waals surface area contributed by atoms with Gasteiger partial charge in [-0.15, -0.1) is 11.3 Å². The molecule has 2 rings (SSSR count). The summed E-state index contributed by atoms with van der Waals surface area (Å²) in [6.45, 7) is 2.78. The van der Waals surface area contributed by atoms with E-state index < -0.39 is 0 Å². The van der Waals surface area contributed by atoms with E-state index in [0.717, 1.165) is 18.4 Å². The summed E-state index contributed by atoms with van der Waals surface area (Å²) in [7, 11) is 1.60. The molecule has 0 aliphatic carbocycles. The summed E-state index contributed by atoms with van der Waals surface area (Å²) in [6, 6.07) is 5.58. The topological polar surface area (TPSA) is 60.5 Å². The van der Waals surface area contributed by atoms with Crippen molar-refractivity contribution in [3.63, 3.8) is 0 Å². The van der Waals surface area contributed by atoms with Crippen LogP contribution >= 0.6 is 11.3 Å². The summed E-state index contributed by atoms with van der Waals surface area (Å²) < 4.78 is 11.0. The third-order valence-corrected chi connectivity index (χ3v) is 3.72. The molecule has 0 unspecified atom stereocenters. The second-order valence-electron chi connectivity index (χ2n) is 4.77. The third kappa shape index (κ3) is 5.41. The first-order chi connectivity index (χ1) is 11.2. The summed E-state index contributed by atoms with van der Waals surface area (Å²) in [6.07, 6.45) is 6.92. The largest absolute Gasteiger partial charge is 0.493 e. The Labute approximate surface area is 140 Å². The van der Waals surface area contributed by atoms with E-state index >= 15 is 0 Å². The van der Waals surface area contributed by atoms with Crippen molar-refractivity contribution in [1.82, 2.24) is 4.98 Å². The van der Waals surface area contributed by atoms with Crippen LogP contribution in [0, 0.1) is 0 Å². The zero-order chi connectivity index (χ0) is 16.5. The van der Waals surface area contributed by atoms with Gasteiger partial charge in [-0.25, -0.2) is 4.98 Å². The predicted octanol–water partition coefficient (Wildman–Crippen LogP) is 3.98. The quantitative estimate of drug-likeness (QED) is 0.587. The molecule has 1 N–H and O–H groups in total. The van der Waals surface area contributed by atoms with Gasteiger partial charge in [0.05, 0.1) is 13.7 Å². The monoisotopic (exact) mass is 332 g/mol. The van der Waals surface area contributed by atoms with Gasteiger partial charge in [0, 0.05) is 17.7 Å². The molecule has 1 heterocycles. The van der Waals surface area contributed by atoms with Crippen LogP contribution in [-0.4, -0.2) is 24.6 Å². The van der Waals surface area contributed by atoms with Crippen molar-refractivity contribution < 1.29 is 14.3 Å². The van der Waals surface area contributed by atoms with Gasteiger partial charge in [0.2, 0.25) is 5.91 Å². The number of thiazole rings is 1. The fourth-order valence-electron chi connectivity index (χ4n) is 1.84. The third-order valence-electron chi connectivity index (χ3n) is 3.03. The van der Waals surface area contributed by atoms with Crippen LogP contribution in [0.25, 0.3) is 6.08 Å². The standard InChI is InChI=1S/C17H20N2O3S/c1-3-4-10-22-14-7-5-13(12-15(14)21-2)6-8-16(20)19-17-18-9-11-23-17/h5-9,11-12H,3-4,10H2,1-2H3,(H,18,19,20)/b8-6+. The molecule has 0 spiro atoms. The number of aromatic nitrogens is 1. The van der Waals surface area contributed by atoms with E-state index in [-0.39, 0.29) is 5.91 Å². The van der Waals surface area contributed by atoms with Crippen LogP contribution in [0.1, 0.15) is 25.3 Å². The predicted molar refractivity (Wildman–Crippen MR) is 93.2 cm³/mol. The fourth-order valence-corrected chi connectivity index (χ4v) is 2.37. The SMILES string of the molecule is CCCCOc1ccc(/C=C/C(=O)Nc2nccs2)cc1OC. The highest BCUT2D eigenvalue weighted by Gasteiger charge is 2.05. The van der Waals surface area contributed by atoms with E-state index in [0.29, 0.717) is 23.2 Å². The van der Waals surface area contributed by atoms with Crippen LogP contribution in [0.4, 0.5) is 5.13 Å². The maximum Gasteiger partial charge on any atom is 0.250 e. The Balaban J connectivity index is 1.99. The minimum atomic E-state index is -0.220. The van der Waals surface area contributed by atoms with Crippen LogP contribution in [0.15, 0.2) is 35.9 Å². The lowest BCUT2D eigenvalue weighted by Crippen LogP contribution is -2.07. The van der Waals surface area contributed by atoms with Crippen molar-refractivity contribution >= 4 is 28.5 Å². The molecule has 122 valence electrons. The number of carbonyl (C=O) groups is 1. The molecular weight excluding hydrogens is 312 g/mol. The van der Waals surface area contributed by atoms with Crippen molar-refractivity contribution in [2.75, 3.05) is 19.0 Å². The average molecular weight is 332 g/mol. The molecule has 2 aromatic rings. The lowest BCUT2D eigenvalue weighted by Gasteiger charge is -2.10. The van der Waals surface area contributed by atoms with Crippen molar-refractivity contribution in [1.29, 1.82) is 0 Å². The van der Waals surface area contributed by atoms with Gasteiger partial charge in [-0.1, -0.05) is 19.4 Å². The Hall–Kier alpha value is -2.34. The Morgan fingerprint density at radius 2 is 2.26 bits per heavy atom. The van der Waals surface area contributed by atoms with Crippen LogP contribution in [-0.2, 0) is 4.79 Å². The first kappa shape index (κ1) is 17.0. The number of methoxy groups -OCH3 is 1. The minimum Gasteiger partial charge on any atom is -0.493 e. The molecular formula is C17H20N2O3S. The highest BCUT2D eigenvalue weighted by atomic mass is 32.1. The molecule has 0 atom stereocenters. The first-order valence-corrected chi connectivity index (χ1v) is 8.30. The van der Waals surface area contributed by atoms with E-state index in [2.05, 4.69) is 17.2 Å². The normalized spacial score (nSPS) is 10.7. The van der Waals surface area contributed by atoms with Gasteiger partial charge in [0.25, 0.3) is 0 Å². The number of carbonyl (C=O) groups excluding carboxylic acids is 1. The van der Waals surface area contributed by atoms with E-state index in [9.17, 15) is 4.79 Å². The smallest absolute Gasteiger partial charge is 0.250 e. The summed E-state index contributed by atoms with van der Waals surface area (Å²) in [5.41, 5.74) is 0.860. The Morgan fingerprint density at radius 1 is 1.39 bits per heavy atom. The van der Waals surface area contributed by atoms with Crippen LogP contribution in [0.3, 0.4) is 0 Å². The van der Waals surface area contributed by atoms with E-state index in [1.54, 1.807) is 19.4 Å². The number of nitrogens with zero attached hydrogens (tertiary/aromatic N) is 1. The summed E-state index contributed by atoms with van der Waals surface area (Å²) in [5.74, 6) is 1.15. The summed E-state index contributed by atoms with van der Waals surface area (Å²) >= 11 is 1.38. The number of benzene rings is 1. The summed E-state index contributed by atoms with van der Waals surface area (Å²) in [5, 5.41) is 5.08. The maximum atomic E-state index is 11.8. The lowest BCUT2D eigenvalue weighted by atomic mass is 10.2. The molecule has 23 heavy (non-hydrogen) atoms. The lowest BCUT2D eigenvalue weighted by molar-refractivity contribution is -0.111. The Kier molecular flexibility index (Phi) is 6.62. The van der Waals surface area contributed by atoms with Gasteiger partial charge < -0.3 is 9.47 Å². The van der Waals surface area contributed by atoms with E-state index in [1.165, 1.54) is 17.4 Å². The molecule has 0 radical (unpaired) electrons. The highest BCUT2D eigenvalue weighted by Crippen LogP contribution is 2.28. The number of anilines is 1. The van der Waals surface area contributed by atoms with E-state index in [1.807, 2.05) is 23.6 Å². The molecule has 0 bridgehead atoms. The number of nitrogens with one attached hydrogen (secondary N) is 1. The number of hydrogen-bond donors (Lipinski definition) is 1. The maximum absolute atomic E-state index is 11.8. The number of ether oxygens (including phenoxy) is 2. The summed E-state index contributed by atoms with van der Waals surface area (Å²) in [4.78, 5) is 15.8. The minimum absolute atomic E-state index is 0.220. The zero-order valence-electron chi connectivity index (χ0n) is 13.2. The molecule has 1 aromatic carbocycles. The molecule has 0 fully saturated rings. The molecule has 0 saturated carbocycles. The van der Waals surface area contributed by atoms with Crippen molar-refractivity contribution in [2.45, 2.75) is 19.8 Å². The Morgan fingerprint density at radius 3 is 2.96 bits per heavy atom. The highest BCUT2D eigenvalue weighted by molar-refractivity contribution is 7.13. The number of hydrogen-bond acceptors (Lipinski definition) is 5. The van der Waals surface area contributed by atoms with Gasteiger partial charge >= 0.3 is 0 Å². The van der Waals surface area contributed by atoms with Crippen LogP contribution in [0.2, 0.25) is 0 Å². The van der Waals surface area contributed by atoms with Gasteiger partial charge in [0.1, 0.15) is 0 Å². The first-order valence-electron chi connectivity index (χ1n) is 7.42. The van der Waals surface area contributed by atoms with Crippen LogP contribution < -0.4 is 14.8 Å². The Bertz CT molecular complexity index is 654.